The van der Waals surface area contributed by atoms with E-state index in [-0.39, 0.29) is 17.7 Å². The summed E-state index contributed by atoms with van der Waals surface area (Å²) in [6.45, 7) is 2.03. The summed E-state index contributed by atoms with van der Waals surface area (Å²) in [5.41, 5.74) is 2.88. The molecule has 1 spiro atoms. The fraction of sp³-hybridized carbons (Fsp3) is 0.259. The molecule has 2 N–H and O–H groups in total. The Hall–Kier alpha value is -4.00. The molecule has 1 aliphatic carbocycles. The van der Waals surface area contributed by atoms with Gasteiger partial charge in [0.1, 0.15) is 17.2 Å². The van der Waals surface area contributed by atoms with Crippen molar-refractivity contribution in [2.24, 2.45) is 5.92 Å². The minimum atomic E-state index is -0.831. The first kappa shape index (κ1) is 21.8. The van der Waals surface area contributed by atoms with Gasteiger partial charge < -0.3 is 24.8 Å². The maximum absolute atomic E-state index is 13.3. The van der Waals surface area contributed by atoms with Gasteiger partial charge in [0.05, 0.1) is 32.9 Å². The zero-order valence-electron chi connectivity index (χ0n) is 19.5. The number of benzene rings is 3. The molecule has 0 bridgehead atoms. The second-order valence-corrected chi connectivity index (χ2v) is 8.57. The second kappa shape index (κ2) is 8.09. The molecule has 2 aliphatic rings. The summed E-state index contributed by atoms with van der Waals surface area (Å²) in [5.74, 6) is 1.31. The number of ether oxygens (including phenoxy) is 3. The Kier molecular flexibility index (Phi) is 5.20. The Bertz CT molecular complexity index is 1290. The zero-order chi connectivity index (χ0) is 24.0. The molecular formula is C27H26N2O5. The van der Waals surface area contributed by atoms with Gasteiger partial charge in [-0.3, -0.25) is 9.59 Å². The van der Waals surface area contributed by atoms with Crippen LogP contribution in [-0.2, 0) is 5.54 Å². The Morgan fingerprint density at radius 2 is 1.62 bits per heavy atom. The molecule has 0 saturated heterocycles. The topological polar surface area (TPSA) is 85.9 Å². The molecule has 0 saturated carbocycles. The van der Waals surface area contributed by atoms with Gasteiger partial charge >= 0.3 is 0 Å². The second-order valence-electron chi connectivity index (χ2n) is 8.57. The molecule has 3 aromatic rings. The molecule has 2 amide bonds. The van der Waals surface area contributed by atoms with Crippen LogP contribution in [0.2, 0.25) is 0 Å². The van der Waals surface area contributed by atoms with Gasteiger partial charge in [0, 0.05) is 28.7 Å². The van der Waals surface area contributed by atoms with Gasteiger partial charge in [-0.2, -0.15) is 0 Å². The first-order valence-corrected chi connectivity index (χ1v) is 11.1. The predicted octanol–water partition coefficient (Wildman–Crippen LogP) is 3.82. The van der Waals surface area contributed by atoms with Crippen LogP contribution in [0.4, 0.5) is 0 Å². The smallest absolute Gasteiger partial charge is 0.252 e. The van der Waals surface area contributed by atoms with E-state index in [2.05, 4.69) is 10.6 Å². The highest BCUT2D eigenvalue weighted by Gasteiger charge is 2.57. The standard InChI is InChI=1S/C27H26N2O5/c1-15-24(28-25(30)16-9-11-17(32-2)12-10-16)23-21(13-18(33-3)14-22(23)34-4)27(15)20-8-6-5-7-19(20)26(31)29-27/h5-15,24H,1-4H3,(H,28,30)(H,29,31)/t15-,24-,27+/m1/s1. The average Bonchev–Trinajstić information content (AvgIpc) is 3.30. The Morgan fingerprint density at radius 1 is 0.912 bits per heavy atom. The predicted molar refractivity (Wildman–Crippen MR) is 127 cm³/mol. The van der Waals surface area contributed by atoms with Crippen LogP contribution in [0, 0.1) is 5.92 Å². The number of nitrogens with one attached hydrogen (secondary N) is 2. The van der Waals surface area contributed by atoms with Crippen molar-refractivity contribution in [2.45, 2.75) is 18.5 Å². The number of hydrogen-bond acceptors (Lipinski definition) is 5. The van der Waals surface area contributed by atoms with Gasteiger partial charge in [0.25, 0.3) is 11.8 Å². The third kappa shape index (κ3) is 3.04. The van der Waals surface area contributed by atoms with E-state index < -0.39 is 11.6 Å². The largest absolute Gasteiger partial charge is 0.497 e. The Morgan fingerprint density at radius 3 is 2.29 bits per heavy atom. The first-order valence-electron chi connectivity index (χ1n) is 11.1. The average molecular weight is 459 g/mol. The van der Waals surface area contributed by atoms with Gasteiger partial charge in [-0.05, 0) is 47.5 Å². The molecule has 0 aromatic heterocycles. The van der Waals surface area contributed by atoms with E-state index in [4.69, 9.17) is 14.2 Å². The third-order valence-corrected chi connectivity index (χ3v) is 7.04. The molecular weight excluding hydrogens is 432 g/mol. The molecule has 3 aromatic carbocycles. The zero-order valence-corrected chi connectivity index (χ0v) is 19.5. The molecule has 0 radical (unpaired) electrons. The normalized spacial score (nSPS) is 22.1. The van der Waals surface area contributed by atoms with Crippen molar-refractivity contribution in [1.82, 2.24) is 10.6 Å². The lowest BCUT2D eigenvalue weighted by molar-refractivity contribution is 0.0895. The van der Waals surface area contributed by atoms with Crippen LogP contribution in [0.3, 0.4) is 0 Å². The quantitative estimate of drug-likeness (QED) is 0.607. The number of carbonyl (C=O) groups excluding carboxylic acids is 2. The fourth-order valence-electron chi connectivity index (χ4n) is 5.35. The van der Waals surface area contributed by atoms with E-state index in [1.54, 1.807) is 51.7 Å². The summed E-state index contributed by atoms with van der Waals surface area (Å²) < 4.78 is 16.5. The van der Waals surface area contributed by atoms with Crippen molar-refractivity contribution >= 4 is 11.8 Å². The molecule has 1 aliphatic heterocycles. The molecule has 5 rings (SSSR count). The van der Waals surface area contributed by atoms with Crippen LogP contribution in [0.1, 0.15) is 50.4 Å². The summed E-state index contributed by atoms with van der Waals surface area (Å²) in [5, 5.41) is 6.44. The highest BCUT2D eigenvalue weighted by Crippen LogP contribution is 2.57. The summed E-state index contributed by atoms with van der Waals surface area (Å²) in [6.07, 6.45) is 0. The van der Waals surface area contributed by atoms with Crippen molar-refractivity contribution in [3.8, 4) is 17.2 Å². The van der Waals surface area contributed by atoms with Crippen molar-refractivity contribution in [3.63, 3.8) is 0 Å². The van der Waals surface area contributed by atoms with Crippen LogP contribution in [0.5, 0.6) is 17.2 Å². The molecule has 7 heteroatoms. The van der Waals surface area contributed by atoms with Crippen LogP contribution < -0.4 is 24.8 Å². The van der Waals surface area contributed by atoms with Gasteiger partial charge in [0.2, 0.25) is 0 Å². The molecule has 174 valence electrons. The summed E-state index contributed by atoms with van der Waals surface area (Å²) >= 11 is 0. The van der Waals surface area contributed by atoms with E-state index >= 15 is 0 Å². The summed E-state index contributed by atoms with van der Waals surface area (Å²) in [6, 6.07) is 17.8. The van der Waals surface area contributed by atoms with Crippen LogP contribution in [0.15, 0.2) is 60.7 Å². The van der Waals surface area contributed by atoms with E-state index in [0.29, 0.717) is 28.4 Å². The number of amides is 2. The van der Waals surface area contributed by atoms with Crippen LogP contribution >= 0.6 is 0 Å². The lowest BCUT2D eigenvalue weighted by Crippen LogP contribution is -2.46. The number of carbonyl (C=O) groups is 2. The number of methoxy groups -OCH3 is 3. The summed E-state index contributed by atoms with van der Waals surface area (Å²) in [4.78, 5) is 26.3. The van der Waals surface area contributed by atoms with Crippen molar-refractivity contribution in [3.05, 3.63) is 88.5 Å². The lowest BCUT2D eigenvalue weighted by atomic mass is 9.78. The first-order chi connectivity index (χ1) is 16.4. The number of fused-ring (bicyclic) bond motifs is 4. The van der Waals surface area contributed by atoms with E-state index in [1.807, 2.05) is 37.3 Å². The van der Waals surface area contributed by atoms with Gasteiger partial charge in [-0.15, -0.1) is 0 Å². The van der Waals surface area contributed by atoms with Crippen LogP contribution in [0.25, 0.3) is 0 Å². The van der Waals surface area contributed by atoms with Gasteiger partial charge in [-0.1, -0.05) is 25.1 Å². The van der Waals surface area contributed by atoms with Crippen molar-refractivity contribution in [1.29, 1.82) is 0 Å². The minimum absolute atomic E-state index is 0.141. The molecule has 0 fully saturated rings. The lowest BCUT2D eigenvalue weighted by Gasteiger charge is -2.33. The SMILES string of the molecule is COc1ccc(C(=O)N[C@H]2c3c(OC)cc(OC)cc3[C@]3(NC(=O)c4ccccc43)[C@@H]2C)cc1. The van der Waals surface area contributed by atoms with Gasteiger partial charge in [0.15, 0.2) is 0 Å². The monoisotopic (exact) mass is 458 g/mol. The highest BCUT2D eigenvalue weighted by atomic mass is 16.5. The highest BCUT2D eigenvalue weighted by molar-refractivity contribution is 6.01. The maximum Gasteiger partial charge on any atom is 0.252 e. The Balaban J connectivity index is 1.65. The summed E-state index contributed by atoms with van der Waals surface area (Å²) in [7, 11) is 4.77. The van der Waals surface area contributed by atoms with E-state index in [1.165, 1.54) is 0 Å². The number of rotatable bonds is 5. The van der Waals surface area contributed by atoms with Crippen LogP contribution in [-0.4, -0.2) is 33.1 Å². The van der Waals surface area contributed by atoms with Crippen molar-refractivity contribution in [2.75, 3.05) is 21.3 Å². The number of hydrogen-bond donors (Lipinski definition) is 2. The third-order valence-electron chi connectivity index (χ3n) is 7.04. The molecule has 0 unspecified atom stereocenters. The van der Waals surface area contributed by atoms with E-state index in [9.17, 15) is 9.59 Å². The molecule has 3 atom stereocenters. The van der Waals surface area contributed by atoms with Gasteiger partial charge in [-0.25, -0.2) is 0 Å². The van der Waals surface area contributed by atoms with E-state index in [0.717, 1.165) is 16.7 Å². The Labute approximate surface area is 198 Å². The molecule has 1 heterocycles. The van der Waals surface area contributed by atoms with Crippen molar-refractivity contribution < 1.29 is 23.8 Å². The maximum atomic E-state index is 13.3. The molecule has 34 heavy (non-hydrogen) atoms. The fourth-order valence-corrected chi connectivity index (χ4v) is 5.35. The molecule has 7 nitrogen and oxygen atoms in total. The minimum Gasteiger partial charge on any atom is -0.497 e.